The summed E-state index contributed by atoms with van der Waals surface area (Å²) >= 11 is 0. The van der Waals surface area contributed by atoms with Crippen LogP contribution in [0.4, 0.5) is 5.69 Å². The zero-order valence-electron chi connectivity index (χ0n) is 13.1. The van der Waals surface area contributed by atoms with Gasteiger partial charge in [-0.3, -0.25) is 0 Å². The molecule has 2 aromatic carbocycles. The molecule has 0 aliphatic heterocycles. The van der Waals surface area contributed by atoms with Crippen LogP contribution in [0, 0.1) is 23.5 Å². The SMILES string of the molecule is Cc1nn(-c2ccccc2)c(-c2ccccc2[NH+]([O-])O)c1CC#N. The van der Waals surface area contributed by atoms with Crippen LogP contribution < -0.4 is 5.23 Å². The van der Waals surface area contributed by atoms with Crippen molar-refractivity contribution in [2.24, 2.45) is 0 Å². The molecule has 0 saturated heterocycles. The van der Waals surface area contributed by atoms with Crippen LogP contribution in [-0.4, -0.2) is 15.0 Å². The number of rotatable bonds is 4. The summed E-state index contributed by atoms with van der Waals surface area (Å²) in [6.07, 6.45) is 0.169. The quantitative estimate of drug-likeness (QED) is 0.722. The van der Waals surface area contributed by atoms with Crippen LogP contribution in [0.5, 0.6) is 0 Å². The van der Waals surface area contributed by atoms with Gasteiger partial charge >= 0.3 is 0 Å². The van der Waals surface area contributed by atoms with Gasteiger partial charge in [-0.05, 0) is 25.1 Å². The summed E-state index contributed by atoms with van der Waals surface area (Å²) in [6.45, 7) is 1.83. The second-order valence-corrected chi connectivity index (χ2v) is 5.35. The van der Waals surface area contributed by atoms with Crippen molar-refractivity contribution < 1.29 is 10.4 Å². The Morgan fingerprint density at radius 2 is 1.83 bits per heavy atom. The number of hydrogen-bond acceptors (Lipinski definition) is 4. The molecule has 2 N–H and O–H groups in total. The van der Waals surface area contributed by atoms with Crippen LogP contribution in [0.15, 0.2) is 54.6 Å². The summed E-state index contributed by atoms with van der Waals surface area (Å²) < 4.78 is 1.71. The molecule has 1 heterocycles. The smallest absolute Gasteiger partial charge is 0.173 e. The highest BCUT2D eigenvalue weighted by atomic mass is 16.8. The Hall–Kier alpha value is -2.98. The van der Waals surface area contributed by atoms with E-state index in [2.05, 4.69) is 11.2 Å². The van der Waals surface area contributed by atoms with E-state index in [9.17, 15) is 15.7 Å². The minimum atomic E-state index is -1.01. The third kappa shape index (κ3) is 2.79. The maximum atomic E-state index is 11.6. The molecular formula is C18H16N4O2. The molecular weight excluding hydrogens is 304 g/mol. The predicted octanol–water partition coefficient (Wildman–Crippen LogP) is 2.32. The van der Waals surface area contributed by atoms with E-state index in [0.717, 1.165) is 16.9 Å². The third-order valence-electron chi connectivity index (χ3n) is 3.85. The number of nitrogens with one attached hydrogen (secondary N) is 1. The molecule has 0 spiro atoms. The lowest BCUT2D eigenvalue weighted by Crippen LogP contribution is -2.99. The first-order valence-electron chi connectivity index (χ1n) is 7.47. The molecule has 0 fully saturated rings. The van der Waals surface area contributed by atoms with Crippen molar-refractivity contribution in [1.82, 2.24) is 9.78 Å². The zero-order chi connectivity index (χ0) is 17.1. The van der Waals surface area contributed by atoms with Crippen molar-refractivity contribution in [2.75, 3.05) is 0 Å². The van der Waals surface area contributed by atoms with Crippen molar-refractivity contribution >= 4 is 5.69 Å². The van der Waals surface area contributed by atoms with Gasteiger partial charge < -0.3 is 5.21 Å². The highest BCUT2D eigenvalue weighted by molar-refractivity contribution is 5.75. The van der Waals surface area contributed by atoms with Gasteiger partial charge in [-0.15, -0.1) is 0 Å². The van der Waals surface area contributed by atoms with Crippen molar-refractivity contribution in [3.63, 3.8) is 0 Å². The lowest BCUT2D eigenvalue weighted by Gasteiger charge is -2.17. The van der Waals surface area contributed by atoms with E-state index >= 15 is 0 Å². The first-order chi connectivity index (χ1) is 11.6. The largest absolute Gasteiger partial charge is 0.595 e. The van der Waals surface area contributed by atoms with Gasteiger partial charge in [-0.2, -0.15) is 15.6 Å². The molecule has 0 radical (unpaired) electrons. The molecule has 1 unspecified atom stereocenters. The van der Waals surface area contributed by atoms with E-state index in [1.54, 1.807) is 28.9 Å². The second kappa shape index (κ2) is 6.64. The summed E-state index contributed by atoms with van der Waals surface area (Å²) in [6, 6.07) is 18.4. The topological polar surface area (TPSA) is 89.3 Å². The molecule has 0 amide bonds. The fraction of sp³-hybridized carbons (Fsp3) is 0.111. The summed E-state index contributed by atoms with van der Waals surface area (Å²) in [5, 5.41) is 33.9. The minimum Gasteiger partial charge on any atom is -0.595 e. The van der Waals surface area contributed by atoms with Crippen LogP contribution in [0.25, 0.3) is 16.9 Å². The normalized spacial score (nSPS) is 11.9. The predicted molar refractivity (Wildman–Crippen MR) is 88.8 cm³/mol. The summed E-state index contributed by atoms with van der Waals surface area (Å²) in [7, 11) is 0. The molecule has 3 aromatic rings. The second-order valence-electron chi connectivity index (χ2n) is 5.35. The summed E-state index contributed by atoms with van der Waals surface area (Å²) in [4.78, 5) is 0. The molecule has 0 saturated carbocycles. The van der Waals surface area contributed by atoms with E-state index in [4.69, 9.17) is 0 Å². The van der Waals surface area contributed by atoms with Crippen LogP contribution in [0.2, 0.25) is 0 Å². The number of benzene rings is 2. The van der Waals surface area contributed by atoms with E-state index in [1.165, 1.54) is 0 Å². The Morgan fingerprint density at radius 1 is 1.17 bits per heavy atom. The number of quaternary nitrogens is 1. The van der Waals surface area contributed by atoms with E-state index < -0.39 is 5.23 Å². The first-order valence-corrected chi connectivity index (χ1v) is 7.47. The highest BCUT2D eigenvalue weighted by Gasteiger charge is 2.22. The highest BCUT2D eigenvalue weighted by Crippen LogP contribution is 2.32. The van der Waals surface area contributed by atoms with Gasteiger partial charge in [0.15, 0.2) is 5.69 Å². The van der Waals surface area contributed by atoms with Gasteiger partial charge in [-0.1, -0.05) is 30.3 Å². The Kier molecular flexibility index (Phi) is 4.40. The Balaban J connectivity index is 2.32. The molecule has 6 nitrogen and oxygen atoms in total. The standard InChI is InChI=1S/C18H16N4O2/c1-13-15(11-12-19)18(16-9-5-6-10-17(16)22(23)24)21(20-13)14-7-3-2-4-8-14/h2-10,22-23H,11H2,1H3. The third-order valence-corrected chi connectivity index (χ3v) is 3.85. The maximum absolute atomic E-state index is 11.6. The lowest BCUT2D eigenvalue weighted by atomic mass is 10.0. The number of nitriles is 1. The number of aryl methyl sites for hydroxylation is 1. The maximum Gasteiger partial charge on any atom is 0.173 e. The molecule has 1 atom stereocenters. The summed E-state index contributed by atoms with van der Waals surface area (Å²) in [5.41, 5.74) is 3.68. The number of para-hydroxylation sites is 2. The average Bonchev–Trinajstić information content (AvgIpc) is 2.92. The zero-order valence-corrected chi connectivity index (χ0v) is 13.1. The Bertz CT molecular complexity index is 895. The monoisotopic (exact) mass is 320 g/mol. The number of nitrogens with zero attached hydrogens (tertiary/aromatic N) is 3. The van der Waals surface area contributed by atoms with Gasteiger partial charge in [0.05, 0.1) is 35.1 Å². The molecule has 3 rings (SSSR count). The fourth-order valence-electron chi connectivity index (χ4n) is 2.76. The van der Waals surface area contributed by atoms with E-state index in [1.807, 2.05) is 37.3 Å². The van der Waals surface area contributed by atoms with Gasteiger partial charge in [0.25, 0.3) is 0 Å². The van der Waals surface area contributed by atoms with Crippen LogP contribution in [0.1, 0.15) is 11.3 Å². The summed E-state index contributed by atoms with van der Waals surface area (Å²) in [5.74, 6) is 0. The van der Waals surface area contributed by atoms with Crippen LogP contribution in [-0.2, 0) is 6.42 Å². The molecule has 0 bridgehead atoms. The molecule has 0 aliphatic rings. The molecule has 0 aliphatic carbocycles. The first kappa shape index (κ1) is 15.9. The number of hydrogen-bond donors (Lipinski definition) is 2. The molecule has 120 valence electrons. The van der Waals surface area contributed by atoms with Gasteiger partial charge in [0, 0.05) is 11.6 Å². The van der Waals surface area contributed by atoms with Crippen LogP contribution in [0.3, 0.4) is 0 Å². The fourth-order valence-corrected chi connectivity index (χ4v) is 2.76. The Labute approximate surface area is 139 Å². The van der Waals surface area contributed by atoms with E-state index in [0.29, 0.717) is 11.3 Å². The minimum absolute atomic E-state index is 0.169. The van der Waals surface area contributed by atoms with Crippen LogP contribution >= 0.6 is 0 Å². The average molecular weight is 320 g/mol. The van der Waals surface area contributed by atoms with Crippen molar-refractivity contribution in [1.29, 1.82) is 5.26 Å². The van der Waals surface area contributed by atoms with Crippen molar-refractivity contribution in [3.05, 3.63) is 71.1 Å². The molecule has 1 aromatic heterocycles. The van der Waals surface area contributed by atoms with Crippen molar-refractivity contribution in [3.8, 4) is 23.0 Å². The van der Waals surface area contributed by atoms with Crippen molar-refractivity contribution in [2.45, 2.75) is 13.3 Å². The van der Waals surface area contributed by atoms with Gasteiger partial charge in [-0.25, -0.2) is 9.89 Å². The van der Waals surface area contributed by atoms with Gasteiger partial charge in [0.1, 0.15) is 0 Å². The number of aromatic nitrogens is 2. The molecule has 24 heavy (non-hydrogen) atoms. The van der Waals surface area contributed by atoms with E-state index in [-0.39, 0.29) is 12.1 Å². The van der Waals surface area contributed by atoms with Gasteiger partial charge in [0.2, 0.25) is 0 Å². The molecule has 6 heteroatoms. The Morgan fingerprint density at radius 3 is 2.50 bits per heavy atom. The lowest BCUT2D eigenvalue weighted by molar-refractivity contribution is -0.991.